The molecule has 32 heavy (non-hydrogen) atoms. The van der Waals surface area contributed by atoms with Gasteiger partial charge in [-0.05, 0) is 43.3 Å². The van der Waals surface area contributed by atoms with E-state index in [-0.39, 0.29) is 11.7 Å². The van der Waals surface area contributed by atoms with Crippen molar-refractivity contribution in [2.75, 3.05) is 42.3 Å². The standard InChI is InChI=1S/C23H25N5O3S/c1-17(29)18-7-9-19(10-8-18)24-21(30)11-16-32-23-26-25-22(27-12-14-31-15-13-27)28(23)20-5-3-2-4-6-20/h2-10H,11-16H2,1H3,(H,24,30). The summed E-state index contributed by atoms with van der Waals surface area (Å²) in [5.74, 6) is 1.26. The molecule has 0 saturated carbocycles. The highest BCUT2D eigenvalue weighted by molar-refractivity contribution is 7.99. The minimum Gasteiger partial charge on any atom is -0.378 e. The number of para-hydroxylation sites is 1. The highest BCUT2D eigenvalue weighted by Gasteiger charge is 2.21. The van der Waals surface area contributed by atoms with E-state index in [1.54, 1.807) is 24.3 Å². The second-order valence-electron chi connectivity index (χ2n) is 7.33. The molecule has 3 aromatic rings. The van der Waals surface area contributed by atoms with Crippen LogP contribution in [0.2, 0.25) is 0 Å². The van der Waals surface area contributed by atoms with Crippen LogP contribution in [0.5, 0.6) is 0 Å². The first-order chi connectivity index (χ1) is 15.6. The average Bonchev–Trinajstić information content (AvgIpc) is 3.24. The number of thioether (sulfide) groups is 1. The van der Waals surface area contributed by atoms with Crippen LogP contribution in [-0.2, 0) is 9.53 Å². The van der Waals surface area contributed by atoms with Crippen LogP contribution in [0.1, 0.15) is 23.7 Å². The fourth-order valence-electron chi connectivity index (χ4n) is 3.37. The molecule has 0 spiro atoms. The summed E-state index contributed by atoms with van der Waals surface area (Å²) in [5, 5.41) is 12.5. The van der Waals surface area contributed by atoms with E-state index in [2.05, 4.69) is 20.4 Å². The predicted octanol–water partition coefficient (Wildman–Crippen LogP) is 3.43. The number of anilines is 2. The molecular formula is C23H25N5O3S. The number of amides is 1. The lowest BCUT2D eigenvalue weighted by Crippen LogP contribution is -2.37. The Morgan fingerprint density at radius 3 is 2.44 bits per heavy atom. The Morgan fingerprint density at radius 2 is 1.75 bits per heavy atom. The molecule has 2 heterocycles. The molecule has 1 aliphatic heterocycles. The normalized spacial score (nSPS) is 13.7. The van der Waals surface area contributed by atoms with Crippen LogP contribution in [-0.4, -0.2) is 58.5 Å². The summed E-state index contributed by atoms with van der Waals surface area (Å²) in [6.45, 7) is 4.37. The summed E-state index contributed by atoms with van der Waals surface area (Å²) in [5.41, 5.74) is 2.28. The van der Waals surface area contributed by atoms with E-state index in [0.717, 1.165) is 29.9 Å². The SMILES string of the molecule is CC(=O)c1ccc(NC(=O)CCSc2nnc(N3CCOCC3)n2-c2ccccc2)cc1. The number of ether oxygens (including phenoxy) is 1. The number of nitrogens with one attached hydrogen (secondary N) is 1. The van der Waals surface area contributed by atoms with Gasteiger partial charge >= 0.3 is 0 Å². The molecule has 0 atom stereocenters. The second kappa shape index (κ2) is 10.4. The molecule has 1 N–H and O–H groups in total. The maximum absolute atomic E-state index is 12.4. The van der Waals surface area contributed by atoms with E-state index < -0.39 is 0 Å². The van der Waals surface area contributed by atoms with Gasteiger partial charge in [0.05, 0.1) is 18.9 Å². The summed E-state index contributed by atoms with van der Waals surface area (Å²) in [7, 11) is 0. The van der Waals surface area contributed by atoms with Gasteiger partial charge in [-0.25, -0.2) is 0 Å². The number of carbonyl (C=O) groups excluding carboxylic acids is 2. The fraction of sp³-hybridized carbons (Fsp3) is 0.304. The van der Waals surface area contributed by atoms with E-state index in [4.69, 9.17) is 4.74 Å². The van der Waals surface area contributed by atoms with Gasteiger partial charge in [-0.2, -0.15) is 0 Å². The molecule has 0 radical (unpaired) electrons. The van der Waals surface area contributed by atoms with Gasteiger partial charge in [0, 0.05) is 36.5 Å². The van der Waals surface area contributed by atoms with Crippen molar-refractivity contribution in [1.29, 1.82) is 0 Å². The maximum atomic E-state index is 12.4. The third-order valence-corrected chi connectivity index (χ3v) is 5.99. The molecular weight excluding hydrogens is 426 g/mol. The number of nitrogens with zero attached hydrogens (tertiary/aromatic N) is 4. The Kier molecular flexibility index (Phi) is 7.18. The minimum absolute atomic E-state index is 0.00162. The summed E-state index contributed by atoms with van der Waals surface area (Å²) in [6, 6.07) is 16.9. The van der Waals surface area contributed by atoms with Gasteiger partial charge < -0.3 is 15.0 Å². The first-order valence-electron chi connectivity index (χ1n) is 10.5. The van der Waals surface area contributed by atoms with Crippen LogP contribution in [0.15, 0.2) is 59.8 Å². The van der Waals surface area contributed by atoms with Crippen LogP contribution >= 0.6 is 11.8 Å². The first kappa shape index (κ1) is 22.0. The van der Waals surface area contributed by atoms with Gasteiger partial charge in [0.1, 0.15) is 0 Å². The Labute approximate surface area is 191 Å². The van der Waals surface area contributed by atoms with E-state index in [1.165, 1.54) is 18.7 Å². The monoisotopic (exact) mass is 451 g/mol. The molecule has 0 bridgehead atoms. The van der Waals surface area contributed by atoms with Gasteiger partial charge in [-0.15, -0.1) is 10.2 Å². The van der Waals surface area contributed by atoms with Crippen molar-refractivity contribution in [3.8, 4) is 5.69 Å². The Morgan fingerprint density at radius 1 is 1.03 bits per heavy atom. The van der Waals surface area contributed by atoms with Crippen molar-refractivity contribution in [2.45, 2.75) is 18.5 Å². The summed E-state index contributed by atoms with van der Waals surface area (Å²) in [4.78, 5) is 25.9. The van der Waals surface area contributed by atoms with Gasteiger partial charge in [0.25, 0.3) is 0 Å². The van der Waals surface area contributed by atoms with Crippen LogP contribution in [0.3, 0.4) is 0 Å². The molecule has 1 aliphatic rings. The Hall–Kier alpha value is -3.17. The number of Topliss-reactive ketones (excluding diaryl/α,β-unsaturated/α-hetero) is 1. The quantitative estimate of drug-likeness (QED) is 0.415. The average molecular weight is 452 g/mol. The zero-order chi connectivity index (χ0) is 22.3. The van der Waals surface area contributed by atoms with Crippen LogP contribution in [0, 0.1) is 0 Å². The summed E-state index contributed by atoms with van der Waals surface area (Å²) >= 11 is 1.50. The van der Waals surface area contributed by atoms with Crippen LogP contribution < -0.4 is 10.2 Å². The van der Waals surface area contributed by atoms with Crippen LogP contribution in [0.25, 0.3) is 5.69 Å². The van der Waals surface area contributed by atoms with Crippen molar-refractivity contribution >= 4 is 35.1 Å². The smallest absolute Gasteiger partial charge is 0.232 e. The van der Waals surface area contributed by atoms with Crippen LogP contribution in [0.4, 0.5) is 11.6 Å². The highest BCUT2D eigenvalue weighted by Crippen LogP contribution is 2.27. The third kappa shape index (κ3) is 5.35. The van der Waals surface area contributed by atoms with E-state index in [0.29, 0.717) is 36.6 Å². The summed E-state index contributed by atoms with van der Waals surface area (Å²) < 4.78 is 7.50. The maximum Gasteiger partial charge on any atom is 0.232 e. The van der Waals surface area contributed by atoms with E-state index in [9.17, 15) is 9.59 Å². The van der Waals surface area contributed by atoms with E-state index >= 15 is 0 Å². The van der Waals surface area contributed by atoms with Crippen molar-refractivity contribution < 1.29 is 14.3 Å². The minimum atomic E-state index is -0.0905. The molecule has 9 heteroatoms. The number of hydrogen-bond acceptors (Lipinski definition) is 7. The molecule has 0 unspecified atom stereocenters. The zero-order valence-electron chi connectivity index (χ0n) is 17.9. The first-order valence-corrected chi connectivity index (χ1v) is 11.5. The number of aromatic nitrogens is 3. The lowest BCUT2D eigenvalue weighted by Gasteiger charge is -2.27. The van der Waals surface area contributed by atoms with Gasteiger partial charge in [0.15, 0.2) is 10.9 Å². The lowest BCUT2D eigenvalue weighted by atomic mass is 10.1. The number of ketones is 1. The number of rotatable bonds is 8. The Bertz CT molecular complexity index is 1060. The number of hydrogen-bond donors (Lipinski definition) is 1. The molecule has 2 aromatic carbocycles. The fourth-order valence-corrected chi connectivity index (χ4v) is 4.26. The van der Waals surface area contributed by atoms with Gasteiger partial charge in [-0.1, -0.05) is 30.0 Å². The molecule has 166 valence electrons. The number of morpholine rings is 1. The molecule has 4 rings (SSSR count). The number of carbonyl (C=O) groups is 2. The third-order valence-electron chi connectivity index (χ3n) is 5.06. The zero-order valence-corrected chi connectivity index (χ0v) is 18.7. The molecule has 1 fully saturated rings. The molecule has 1 aromatic heterocycles. The molecule has 0 aliphatic carbocycles. The van der Waals surface area contributed by atoms with Crippen molar-refractivity contribution in [3.05, 3.63) is 60.2 Å². The van der Waals surface area contributed by atoms with Crippen molar-refractivity contribution in [1.82, 2.24) is 14.8 Å². The second-order valence-corrected chi connectivity index (χ2v) is 8.40. The van der Waals surface area contributed by atoms with E-state index in [1.807, 2.05) is 34.9 Å². The lowest BCUT2D eigenvalue weighted by molar-refractivity contribution is -0.115. The topological polar surface area (TPSA) is 89.3 Å². The van der Waals surface area contributed by atoms with Crippen molar-refractivity contribution in [2.24, 2.45) is 0 Å². The Balaban J connectivity index is 1.41. The van der Waals surface area contributed by atoms with Crippen molar-refractivity contribution in [3.63, 3.8) is 0 Å². The molecule has 8 nitrogen and oxygen atoms in total. The molecule has 1 saturated heterocycles. The van der Waals surface area contributed by atoms with Gasteiger partial charge in [-0.3, -0.25) is 14.2 Å². The number of benzene rings is 2. The largest absolute Gasteiger partial charge is 0.378 e. The highest BCUT2D eigenvalue weighted by atomic mass is 32.2. The van der Waals surface area contributed by atoms with Gasteiger partial charge in [0.2, 0.25) is 11.9 Å². The predicted molar refractivity (Wildman–Crippen MR) is 125 cm³/mol. The summed E-state index contributed by atoms with van der Waals surface area (Å²) in [6.07, 6.45) is 0.327. The molecule has 1 amide bonds.